The number of aromatic nitrogens is 2. The largest absolute Gasteiger partial charge is 0.493 e. The van der Waals surface area contributed by atoms with E-state index < -0.39 is 0 Å². The molecule has 31 heavy (non-hydrogen) atoms. The van der Waals surface area contributed by atoms with E-state index in [0.717, 1.165) is 33.8 Å². The van der Waals surface area contributed by atoms with E-state index in [-0.39, 0.29) is 5.91 Å². The van der Waals surface area contributed by atoms with Gasteiger partial charge in [-0.15, -0.1) is 0 Å². The highest BCUT2D eigenvalue weighted by Crippen LogP contribution is 2.32. The topological polar surface area (TPSA) is 56.2 Å². The van der Waals surface area contributed by atoms with Crippen molar-refractivity contribution in [3.05, 3.63) is 70.8 Å². The summed E-state index contributed by atoms with van der Waals surface area (Å²) in [4.78, 5) is 12.8. The molecule has 5 nitrogen and oxygen atoms in total. The zero-order valence-electron chi connectivity index (χ0n) is 17.6. The Morgan fingerprint density at radius 2 is 2.00 bits per heavy atom. The van der Waals surface area contributed by atoms with Crippen molar-refractivity contribution in [3.8, 4) is 22.7 Å². The van der Waals surface area contributed by atoms with Gasteiger partial charge in [-0.25, -0.2) is 4.68 Å². The molecule has 1 amide bonds. The SMILES string of the molecule is Cc1cc(-c2nn(-c3ccccc3)cc2C=C2SC(=S)NC2=O)ccc1OCC(C)C. The Bertz CT molecular complexity index is 1170. The van der Waals surface area contributed by atoms with Gasteiger partial charge in [-0.05, 0) is 54.8 Å². The zero-order chi connectivity index (χ0) is 22.0. The average molecular weight is 450 g/mol. The van der Waals surface area contributed by atoms with E-state index in [4.69, 9.17) is 22.1 Å². The highest BCUT2D eigenvalue weighted by Gasteiger charge is 2.23. The number of aryl methyl sites for hydroxylation is 1. The van der Waals surface area contributed by atoms with Crippen LogP contribution in [-0.4, -0.2) is 26.6 Å². The highest BCUT2D eigenvalue weighted by atomic mass is 32.2. The van der Waals surface area contributed by atoms with Gasteiger partial charge in [-0.3, -0.25) is 4.79 Å². The second-order valence-corrected chi connectivity index (χ2v) is 9.47. The lowest BCUT2D eigenvalue weighted by molar-refractivity contribution is -0.115. The molecule has 1 aromatic heterocycles. The minimum absolute atomic E-state index is 0.179. The number of carbonyl (C=O) groups excluding carboxylic acids is 1. The highest BCUT2D eigenvalue weighted by molar-refractivity contribution is 8.26. The summed E-state index contributed by atoms with van der Waals surface area (Å²) >= 11 is 6.39. The fourth-order valence-electron chi connectivity index (χ4n) is 3.21. The summed E-state index contributed by atoms with van der Waals surface area (Å²) in [6, 6.07) is 16.0. The number of rotatable bonds is 6. The molecule has 0 bridgehead atoms. The minimum Gasteiger partial charge on any atom is -0.493 e. The first-order valence-corrected chi connectivity index (χ1v) is 11.3. The second-order valence-electron chi connectivity index (χ2n) is 7.75. The molecule has 2 heterocycles. The number of nitrogens with zero attached hydrogens (tertiary/aromatic N) is 2. The number of benzene rings is 2. The summed E-state index contributed by atoms with van der Waals surface area (Å²) in [6.45, 7) is 6.96. The Hall–Kier alpha value is -2.90. The number of hydrogen-bond acceptors (Lipinski definition) is 5. The predicted octanol–water partition coefficient (Wildman–Crippen LogP) is 5.37. The lowest BCUT2D eigenvalue weighted by Gasteiger charge is -2.12. The number of carbonyl (C=O) groups is 1. The van der Waals surface area contributed by atoms with Crippen LogP contribution in [0.5, 0.6) is 5.75 Å². The Morgan fingerprint density at radius 3 is 2.65 bits per heavy atom. The van der Waals surface area contributed by atoms with E-state index in [1.165, 1.54) is 11.8 Å². The second kappa shape index (κ2) is 9.08. The van der Waals surface area contributed by atoms with Crippen molar-refractivity contribution >= 4 is 40.3 Å². The lowest BCUT2D eigenvalue weighted by Crippen LogP contribution is -2.17. The molecule has 7 heteroatoms. The Morgan fingerprint density at radius 1 is 1.23 bits per heavy atom. The number of nitrogens with one attached hydrogen (secondary N) is 1. The van der Waals surface area contributed by atoms with Gasteiger partial charge in [0.15, 0.2) is 0 Å². The van der Waals surface area contributed by atoms with E-state index in [9.17, 15) is 4.79 Å². The summed E-state index contributed by atoms with van der Waals surface area (Å²) in [5.41, 5.74) is 4.59. The van der Waals surface area contributed by atoms with Crippen LogP contribution in [0.4, 0.5) is 0 Å². The molecular weight excluding hydrogens is 426 g/mol. The van der Waals surface area contributed by atoms with Crippen molar-refractivity contribution in [1.82, 2.24) is 15.1 Å². The summed E-state index contributed by atoms with van der Waals surface area (Å²) in [7, 11) is 0. The summed E-state index contributed by atoms with van der Waals surface area (Å²) in [5.74, 6) is 1.15. The molecular formula is C24H23N3O2S2. The molecule has 1 aliphatic heterocycles. The third kappa shape index (κ3) is 4.89. The molecule has 0 atom stereocenters. The molecule has 0 spiro atoms. The van der Waals surface area contributed by atoms with E-state index >= 15 is 0 Å². The van der Waals surface area contributed by atoms with Crippen molar-refractivity contribution in [2.24, 2.45) is 5.92 Å². The third-order valence-corrected chi connectivity index (χ3v) is 5.88. The van der Waals surface area contributed by atoms with Crippen LogP contribution in [0.3, 0.4) is 0 Å². The number of thioether (sulfide) groups is 1. The Kier molecular flexibility index (Phi) is 6.25. The van der Waals surface area contributed by atoms with Crippen molar-refractivity contribution in [2.45, 2.75) is 20.8 Å². The van der Waals surface area contributed by atoms with Crippen LogP contribution in [-0.2, 0) is 4.79 Å². The molecule has 1 saturated heterocycles. The van der Waals surface area contributed by atoms with Crippen LogP contribution in [0.25, 0.3) is 23.0 Å². The van der Waals surface area contributed by atoms with Gasteiger partial charge in [0.1, 0.15) is 15.8 Å². The molecule has 1 N–H and O–H groups in total. The number of ether oxygens (including phenoxy) is 1. The molecule has 0 aliphatic carbocycles. The maximum Gasteiger partial charge on any atom is 0.263 e. The van der Waals surface area contributed by atoms with Crippen molar-refractivity contribution in [3.63, 3.8) is 0 Å². The Balaban J connectivity index is 1.76. The van der Waals surface area contributed by atoms with Crippen LogP contribution in [0.1, 0.15) is 25.0 Å². The van der Waals surface area contributed by atoms with Gasteiger partial charge < -0.3 is 10.1 Å². The monoisotopic (exact) mass is 449 g/mol. The number of para-hydroxylation sites is 1. The van der Waals surface area contributed by atoms with Gasteiger partial charge in [0.05, 0.1) is 17.2 Å². The van der Waals surface area contributed by atoms with Crippen LogP contribution >= 0.6 is 24.0 Å². The number of hydrogen-bond donors (Lipinski definition) is 1. The van der Waals surface area contributed by atoms with Gasteiger partial charge in [-0.1, -0.05) is 56.0 Å². The molecule has 0 radical (unpaired) electrons. The summed E-state index contributed by atoms with van der Waals surface area (Å²) in [5, 5.41) is 7.51. The van der Waals surface area contributed by atoms with Gasteiger partial charge in [0.2, 0.25) is 0 Å². The van der Waals surface area contributed by atoms with E-state index in [1.54, 1.807) is 0 Å². The zero-order valence-corrected chi connectivity index (χ0v) is 19.2. The van der Waals surface area contributed by atoms with Crippen LogP contribution < -0.4 is 10.1 Å². The van der Waals surface area contributed by atoms with Gasteiger partial charge >= 0.3 is 0 Å². The average Bonchev–Trinajstić information content (AvgIpc) is 3.30. The smallest absolute Gasteiger partial charge is 0.263 e. The van der Waals surface area contributed by atoms with E-state index in [1.807, 2.05) is 66.3 Å². The minimum atomic E-state index is -0.179. The van der Waals surface area contributed by atoms with Gasteiger partial charge in [-0.2, -0.15) is 5.10 Å². The lowest BCUT2D eigenvalue weighted by atomic mass is 10.0. The van der Waals surface area contributed by atoms with Crippen LogP contribution in [0, 0.1) is 12.8 Å². The molecule has 4 rings (SSSR count). The number of amides is 1. The van der Waals surface area contributed by atoms with Crippen LogP contribution in [0.15, 0.2) is 59.6 Å². The maximum absolute atomic E-state index is 12.2. The molecule has 0 saturated carbocycles. The molecule has 1 aliphatic rings. The molecule has 158 valence electrons. The maximum atomic E-state index is 12.2. The van der Waals surface area contributed by atoms with E-state index in [2.05, 4.69) is 25.2 Å². The fourth-order valence-corrected chi connectivity index (χ4v) is 4.24. The van der Waals surface area contributed by atoms with Gasteiger partial charge in [0, 0.05) is 17.3 Å². The normalized spacial score (nSPS) is 15.0. The quantitative estimate of drug-likeness (QED) is 0.405. The molecule has 3 aromatic rings. The van der Waals surface area contributed by atoms with Crippen molar-refractivity contribution in [2.75, 3.05) is 6.61 Å². The number of thiocarbonyl (C=S) groups is 1. The summed E-state index contributed by atoms with van der Waals surface area (Å²) in [6.07, 6.45) is 3.78. The third-order valence-electron chi connectivity index (χ3n) is 4.71. The van der Waals surface area contributed by atoms with Gasteiger partial charge in [0.25, 0.3) is 5.91 Å². The summed E-state index contributed by atoms with van der Waals surface area (Å²) < 4.78 is 8.22. The fraction of sp³-hybridized carbons (Fsp3) is 0.208. The molecule has 2 aromatic carbocycles. The first-order valence-electron chi connectivity index (χ1n) is 10.0. The van der Waals surface area contributed by atoms with Crippen LogP contribution in [0.2, 0.25) is 0 Å². The first-order chi connectivity index (χ1) is 14.9. The van der Waals surface area contributed by atoms with Crippen molar-refractivity contribution < 1.29 is 9.53 Å². The standard InChI is InChI=1S/C24H23N3O2S2/c1-15(2)14-29-20-10-9-17(11-16(20)3)22-18(12-21-23(28)25-24(30)31-21)13-27(26-22)19-7-5-4-6-8-19/h4-13,15H,14H2,1-3H3,(H,25,28,30). The Labute approximate surface area is 191 Å². The molecule has 0 unspecified atom stereocenters. The van der Waals surface area contributed by atoms with Crippen molar-refractivity contribution in [1.29, 1.82) is 0 Å². The molecule has 1 fully saturated rings. The predicted molar refractivity (Wildman–Crippen MR) is 130 cm³/mol. The van der Waals surface area contributed by atoms with E-state index in [0.29, 0.717) is 21.8 Å². The first kappa shape index (κ1) is 21.3.